The molecule has 0 spiro atoms. The fourth-order valence-corrected chi connectivity index (χ4v) is 2.92. The predicted octanol–water partition coefficient (Wildman–Crippen LogP) is 4.69. The molecular formula is C17H20Cl2N2. The molecule has 1 atom stereocenters. The molecule has 2 N–H and O–H groups in total. The van der Waals surface area contributed by atoms with E-state index < -0.39 is 0 Å². The highest BCUT2D eigenvalue weighted by molar-refractivity contribution is 6.31. The minimum atomic E-state index is 0.147. The molecule has 1 unspecified atom stereocenters. The second-order valence-corrected chi connectivity index (χ2v) is 5.96. The van der Waals surface area contributed by atoms with E-state index in [0.717, 1.165) is 27.7 Å². The molecule has 2 aromatic carbocycles. The van der Waals surface area contributed by atoms with E-state index in [1.807, 2.05) is 36.4 Å². The molecule has 0 bridgehead atoms. The van der Waals surface area contributed by atoms with Gasteiger partial charge < -0.3 is 10.6 Å². The topological polar surface area (TPSA) is 29.3 Å². The van der Waals surface area contributed by atoms with Crippen molar-refractivity contribution in [3.05, 3.63) is 63.6 Å². The van der Waals surface area contributed by atoms with E-state index in [-0.39, 0.29) is 6.04 Å². The van der Waals surface area contributed by atoms with Crippen molar-refractivity contribution >= 4 is 28.9 Å². The van der Waals surface area contributed by atoms with E-state index in [0.29, 0.717) is 6.54 Å². The minimum absolute atomic E-state index is 0.147. The van der Waals surface area contributed by atoms with Crippen LogP contribution in [0.25, 0.3) is 0 Å². The summed E-state index contributed by atoms with van der Waals surface area (Å²) in [4.78, 5) is 2.19. The summed E-state index contributed by atoms with van der Waals surface area (Å²) in [6, 6.07) is 14.0. The maximum atomic E-state index is 6.31. The monoisotopic (exact) mass is 322 g/mol. The summed E-state index contributed by atoms with van der Waals surface area (Å²) >= 11 is 12.5. The molecule has 0 amide bonds. The lowest BCUT2D eigenvalue weighted by Gasteiger charge is -2.30. The van der Waals surface area contributed by atoms with Crippen LogP contribution in [0.3, 0.4) is 0 Å². The number of nitrogens with two attached hydrogens (primary N) is 1. The Morgan fingerprint density at radius 2 is 1.86 bits per heavy atom. The largest absolute Gasteiger partial charge is 0.368 e. The molecule has 0 aliphatic rings. The van der Waals surface area contributed by atoms with Gasteiger partial charge in [0.1, 0.15) is 0 Å². The summed E-state index contributed by atoms with van der Waals surface area (Å²) < 4.78 is 0. The highest BCUT2D eigenvalue weighted by Crippen LogP contribution is 2.33. The van der Waals surface area contributed by atoms with Crippen LogP contribution in [0.2, 0.25) is 10.0 Å². The molecular weight excluding hydrogens is 303 g/mol. The Morgan fingerprint density at radius 1 is 1.14 bits per heavy atom. The van der Waals surface area contributed by atoms with Crippen molar-refractivity contribution in [3.63, 3.8) is 0 Å². The Balaban J connectivity index is 2.37. The summed E-state index contributed by atoms with van der Waals surface area (Å²) in [7, 11) is 2.06. The van der Waals surface area contributed by atoms with Crippen LogP contribution in [0.1, 0.15) is 24.1 Å². The van der Waals surface area contributed by atoms with Crippen LogP contribution in [0.4, 0.5) is 5.69 Å². The van der Waals surface area contributed by atoms with Gasteiger partial charge in [0.15, 0.2) is 0 Å². The van der Waals surface area contributed by atoms with Crippen molar-refractivity contribution in [1.29, 1.82) is 0 Å². The molecule has 0 radical (unpaired) electrons. The molecule has 0 saturated carbocycles. The first-order valence-electron chi connectivity index (χ1n) is 7.00. The number of hydrogen-bond donors (Lipinski definition) is 1. The number of anilines is 1. The number of halogens is 2. The maximum Gasteiger partial charge on any atom is 0.0525 e. The van der Waals surface area contributed by atoms with Gasteiger partial charge in [-0.05, 0) is 49.2 Å². The number of hydrogen-bond acceptors (Lipinski definition) is 2. The van der Waals surface area contributed by atoms with Crippen molar-refractivity contribution in [3.8, 4) is 0 Å². The third-order valence-electron chi connectivity index (χ3n) is 3.78. The minimum Gasteiger partial charge on any atom is -0.368 e. The van der Waals surface area contributed by atoms with Crippen LogP contribution in [-0.4, -0.2) is 13.6 Å². The van der Waals surface area contributed by atoms with Crippen LogP contribution in [0, 0.1) is 0 Å². The SMILES string of the molecule is CC(c1ccccc1Cl)N(C)c1cc(Cl)ccc1CCN. The third kappa shape index (κ3) is 3.70. The Morgan fingerprint density at radius 3 is 2.52 bits per heavy atom. The van der Waals surface area contributed by atoms with Gasteiger partial charge in [0.2, 0.25) is 0 Å². The second-order valence-electron chi connectivity index (χ2n) is 5.12. The van der Waals surface area contributed by atoms with Gasteiger partial charge >= 0.3 is 0 Å². The molecule has 112 valence electrons. The standard InChI is InChI=1S/C17H20Cl2N2/c1-12(15-5-3-4-6-16(15)19)21(2)17-11-14(18)8-7-13(17)9-10-20/h3-8,11-12H,9-10,20H2,1-2H3. The zero-order valence-electron chi connectivity index (χ0n) is 12.3. The molecule has 2 aromatic rings. The molecule has 21 heavy (non-hydrogen) atoms. The first-order chi connectivity index (χ1) is 10.0. The van der Waals surface area contributed by atoms with Gasteiger partial charge in [-0.2, -0.15) is 0 Å². The van der Waals surface area contributed by atoms with Gasteiger partial charge in [-0.3, -0.25) is 0 Å². The van der Waals surface area contributed by atoms with Gasteiger partial charge in [-0.1, -0.05) is 47.5 Å². The van der Waals surface area contributed by atoms with Gasteiger partial charge in [0, 0.05) is 22.8 Å². The summed E-state index contributed by atoms with van der Waals surface area (Å²) in [6.45, 7) is 2.75. The average Bonchev–Trinajstić information content (AvgIpc) is 2.48. The van der Waals surface area contributed by atoms with Crippen molar-refractivity contribution in [1.82, 2.24) is 0 Å². The van der Waals surface area contributed by atoms with Crippen LogP contribution in [-0.2, 0) is 6.42 Å². The highest BCUT2D eigenvalue weighted by Gasteiger charge is 2.17. The molecule has 0 saturated heterocycles. The summed E-state index contributed by atoms with van der Waals surface area (Å²) in [5.41, 5.74) is 9.10. The fourth-order valence-electron chi connectivity index (χ4n) is 2.46. The summed E-state index contributed by atoms with van der Waals surface area (Å²) in [5, 5.41) is 1.50. The van der Waals surface area contributed by atoms with Crippen LogP contribution < -0.4 is 10.6 Å². The van der Waals surface area contributed by atoms with E-state index in [4.69, 9.17) is 28.9 Å². The van der Waals surface area contributed by atoms with Gasteiger partial charge in [0.05, 0.1) is 6.04 Å². The van der Waals surface area contributed by atoms with Crippen LogP contribution in [0.5, 0.6) is 0 Å². The molecule has 0 aliphatic carbocycles. The van der Waals surface area contributed by atoms with E-state index >= 15 is 0 Å². The molecule has 0 fully saturated rings. The van der Waals surface area contributed by atoms with Gasteiger partial charge in [-0.15, -0.1) is 0 Å². The van der Waals surface area contributed by atoms with E-state index in [1.54, 1.807) is 0 Å². The zero-order chi connectivity index (χ0) is 15.4. The Bertz CT molecular complexity index is 613. The average molecular weight is 323 g/mol. The third-order valence-corrected chi connectivity index (χ3v) is 4.36. The normalized spacial score (nSPS) is 12.2. The Kier molecular flexibility index (Phi) is 5.51. The quantitative estimate of drug-likeness (QED) is 0.865. The fraction of sp³-hybridized carbons (Fsp3) is 0.294. The predicted molar refractivity (Wildman–Crippen MR) is 92.5 cm³/mol. The Labute approximate surface area is 136 Å². The van der Waals surface area contributed by atoms with Gasteiger partial charge in [-0.25, -0.2) is 0 Å². The van der Waals surface area contributed by atoms with Crippen molar-refractivity contribution in [2.45, 2.75) is 19.4 Å². The molecule has 2 rings (SSSR count). The van der Waals surface area contributed by atoms with Crippen molar-refractivity contribution in [2.75, 3.05) is 18.5 Å². The maximum absolute atomic E-state index is 6.31. The first kappa shape index (κ1) is 16.2. The van der Waals surface area contributed by atoms with Crippen molar-refractivity contribution in [2.24, 2.45) is 5.73 Å². The van der Waals surface area contributed by atoms with Crippen LogP contribution in [0.15, 0.2) is 42.5 Å². The number of rotatable bonds is 5. The van der Waals surface area contributed by atoms with Crippen molar-refractivity contribution < 1.29 is 0 Å². The summed E-state index contributed by atoms with van der Waals surface area (Å²) in [5.74, 6) is 0. The van der Waals surface area contributed by atoms with E-state index in [9.17, 15) is 0 Å². The molecule has 0 heterocycles. The first-order valence-corrected chi connectivity index (χ1v) is 7.76. The lowest BCUT2D eigenvalue weighted by molar-refractivity contribution is 0.734. The lowest BCUT2D eigenvalue weighted by Crippen LogP contribution is -2.23. The van der Waals surface area contributed by atoms with Gasteiger partial charge in [0.25, 0.3) is 0 Å². The molecule has 0 aliphatic heterocycles. The lowest BCUT2D eigenvalue weighted by atomic mass is 10.0. The smallest absolute Gasteiger partial charge is 0.0525 e. The second kappa shape index (κ2) is 7.17. The van der Waals surface area contributed by atoms with Crippen LogP contribution >= 0.6 is 23.2 Å². The molecule has 0 aromatic heterocycles. The molecule has 2 nitrogen and oxygen atoms in total. The molecule has 4 heteroatoms. The zero-order valence-corrected chi connectivity index (χ0v) is 13.8. The van der Waals surface area contributed by atoms with E-state index in [2.05, 4.69) is 24.9 Å². The Hall–Kier alpha value is -1.22. The van der Waals surface area contributed by atoms with E-state index in [1.165, 1.54) is 5.56 Å². The number of benzene rings is 2. The summed E-state index contributed by atoms with van der Waals surface area (Å²) in [6.07, 6.45) is 0.825. The highest BCUT2D eigenvalue weighted by atomic mass is 35.5. The number of nitrogens with zero attached hydrogens (tertiary/aromatic N) is 1.